The van der Waals surface area contributed by atoms with E-state index in [0.717, 1.165) is 9.88 Å². The Morgan fingerprint density at radius 3 is 2.50 bits per heavy atom. The number of aliphatic hydroxyl groups excluding tert-OH is 2. The fourth-order valence-corrected chi connectivity index (χ4v) is 2.36. The monoisotopic (exact) mass is 244 g/mol. The van der Waals surface area contributed by atoms with E-state index < -0.39 is 5.54 Å². The highest BCUT2D eigenvalue weighted by atomic mass is 32.1. The third kappa shape index (κ3) is 3.01. The zero-order valence-electron chi connectivity index (χ0n) is 10.0. The maximum Gasteiger partial charge on any atom is 0.0897 e. The highest BCUT2D eigenvalue weighted by Crippen LogP contribution is 2.23. The molecule has 3 N–H and O–H groups in total. The molecule has 1 unspecified atom stereocenters. The molecule has 0 radical (unpaired) electrons. The molecule has 0 saturated carbocycles. The van der Waals surface area contributed by atoms with Crippen LogP contribution < -0.4 is 5.32 Å². The number of aliphatic hydroxyl groups is 2. The Morgan fingerprint density at radius 1 is 1.50 bits per heavy atom. The summed E-state index contributed by atoms with van der Waals surface area (Å²) < 4.78 is 0. The maximum absolute atomic E-state index is 9.34. The number of nitrogens with one attached hydrogen (secondary N) is 1. The van der Waals surface area contributed by atoms with Crippen LogP contribution >= 0.6 is 11.3 Å². The molecule has 1 heterocycles. The fourth-order valence-electron chi connectivity index (χ4n) is 1.58. The molecular weight excluding hydrogens is 224 g/mol. The van der Waals surface area contributed by atoms with Crippen molar-refractivity contribution in [2.75, 3.05) is 13.2 Å². The van der Waals surface area contributed by atoms with E-state index in [0.29, 0.717) is 6.42 Å². The number of hydrogen-bond donors (Lipinski definition) is 3. The molecule has 1 aromatic heterocycles. The summed E-state index contributed by atoms with van der Waals surface area (Å²) in [6.45, 7) is 5.79. The van der Waals surface area contributed by atoms with Crippen LogP contribution in [0.2, 0.25) is 0 Å². The minimum Gasteiger partial charge on any atom is -0.394 e. The number of rotatable bonds is 6. The predicted octanol–water partition coefficient (Wildman–Crippen LogP) is 1.24. The van der Waals surface area contributed by atoms with E-state index in [9.17, 15) is 10.2 Å². The molecule has 1 rings (SSSR count). The first-order valence-electron chi connectivity index (χ1n) is 5.48. The van der Waals surface area contributed by atoms with Crippen LogP contribution in [0, 0.1) is 6.92 Å². The van der Waals surface area contributed by atoms with E-state index in [1.807, 2.05) is 27.0 Å². The van der Waals surface area contributed by atoms with Gasteiger partial charge in [0.1, 0.15) is 0 Å². The predicted molar refractivity (Wildman–Crippen MR) is 65.6 cm³/mol. The molecule has 0 bridgehead atoms. The molecule has 0 aliphatic rings. The van der Waals surface area contributed by atoms with E-state index in [2.05, 4.69) is 10.3 Å². The highest BCUT2D eigenvalue weighted by Gasteiger charge is 2.28. The lowest BCUT2D eigenvalue weighted by atomic mass is 9.97. The van der Waals surface area contributed by atoms with Crippen LogP contribution in [-0.4, -0.2) is 33.9 Å². The number of hydrogen-bond acceptors (Lipinski definition) is 5. The Bertz CT molecular complexity index is 315. The van der Waals surface area contributed by atoms with Gasteiger partial charge in [-0.15, -0.1) is 11.3 Å². The van der Waals surface area contributed by atoms with Crippen LogP contribution in [0.25, 0.3) is 0 Å². The van der Waals surface area contributed by atoms with Crippen molar-refractivity contribution in [1.82, 2.24) is 10.3 Å². The minimum atomic E-state index is -0.600. The Balaban J connectivity index is 2.72. The lowest BCUT2D eigenvalue weighted by Crippen LogP contribution is -2.51. The SMILES string of the molecule is CCC(CO)(CO)NC(C)c1cnc(C)s1. The first-order chi connectivity index (χ1) is 7.56. The molecular formula is C11H20N2O2S. The second-order valence-corrected chi connectivity index (χ2v) is 5.36. The smallest absolute Gasteiger partial charge is 0.0897 e. The maximum atomic E-state index is 9.34. The normalized spacial score (nSPS) is 14.1. The van der Waals surface area contributed by atoms with E-state index in [-0.39, 0.29) is 19.3 Å². The van der Waals surface area contributed by atoms with E-state index >= 15 is 0 Å². The molecule has 5 heteroatoms. The van der Waals surface area contributed by atoms with Crippen molar-refractivity contribution >= 4 is 11.3 Å². The Labute approximate surface area is 100 Å². The molecule has 0 saturated heterocycles. The van der Waals surface area contributed by atoms with Crippen LogP contribution in [0.3, 0.4) is 0 Å². The van der Waals surface area contributed by atoms with Gasteiger partial charge in [0.25, 0.3) is 0 Å². The molecule has 0 aromatic carbocycles. The zero-order valence-corrected chi connectivity index (χ0v) is 10.8. The second-order valence-electron chi connectivity index (χ2n) is 4.10. The van der Waals surface area contributed by atoms with Crippen LogP contribution in [0.1, 0.15) is 36.2 Å². The van der Waals surface area contributed by atoms with E-state index in [1.165, 1.54) is 0 Å². The number of aryl methyl sites for hydroxylation is 1. The summed E-state index contributed by atoms with van der Waals surface area (Å²) in [6, 6.07) is 0.0884. The second kappa shape index (κ2) is 5.72. The number of nitrogens with zero attached hydrogens (tertiary/aromatic N) is 1. The van der Waals surface area contributed by atoms with Crippen molar-refractivity contribution in [3.63, 3.8) is 0 Å². The van der Waals surface area contributed by atoms with Gasteiger partial charge in [-0.1, -0.05) is 6.92 Å². The van der Waals surface area contributed by atoms with Gasteiger partial charge < -0.3 is 10.2 Å². The molecule has 92 valence electrons. The van der Waals surface area contributed by atoms with Gasteiger partial charge in [0.2, 0.25) is 0 Å². The van der Waals surface area contributed by atoms with Crippen molar-refractivity contribution in [3.8, 4) is 0 Å². The molecule has 16 heavy (non-hydrogen) atoms. The number of aromatic nitrogens is 1. The van der Waals surface area contributed by atoms with Crippen molar-refractivity contribution in [2.45, 2.75) is 38.8 Å². The highest BCUT2D eigenvalue weighted by molar-refractivity contribution is 7.11. The molecule has 0 aliphatic heterocycles. The molecule has 1 atom stereocenters. The molecule has 0 spiro atoms. The Morgan fingerprint density at radius 2 is 2.12 bits per heavy atom. The average Bonchev–Trinajstić information content (AvgIpc) is 2.73. The van der Waals surface area contributed by atoms with Crippen molar-refractivity contribution in [1.29, 1.82) is 0 Å². The van der Waals surface area contributed by atoms with Gasteiger partial charge in [-0.2, -0.15) is 0 Å². The van der Waals surface area contributed by atoms with Crippen LogP contribution in [0.4, 0.5) is 0 Å². The lowest BCUT2D eigenvalue weighted by molar-refractivity contribution is 0.0796. The summed E-state index contributed by atoms with van der Waals surface area (Å²) in [5.74, 6) is 0. The summed E-state index contributed by atoms with van der Waals surface area (Å²) in [5.41, 5.74) is -0.600. The summed E-state index contributed by atoms with van der Waals surface area (Å²) in [7, 11) is 0. The summed E-state index contributed by atoms with van der Waals surface area (Å²) in [4.78, 5) is 5.32. The molecule has 4 nitrogen and oxygen atoms in total. The van der Waals surface area contributed by atoms with Gasteiger partial charge in [0.15, 0.2) is 0 Å². The van der Waals surface area contributed by atoms with Crippen molar-refractivity contribution in [2.24, 2.45) is 0 Å². The summed E-state index contributed by atoms with van der Waals surface area (Å²) in [5, 5.41) is 23.0. The van der Waals surface area contributed by atoms with Crippen molar-refractivity contribution < 1.29 is 10.2 Å². The first-order valence-corrected chi connectivity index (χ1v) is 6.30. The molecule has 0 aliphatic carbocycles. The number of thiazole rings is 1. The van der Waals surface area contributed by atoms with Crippen LogP contribution in [0.15, 0.2) is 6.20 Å². The summed E-state index contributed by atoms with van der Waals surface area (Å²) in [6.07, 6.45) is 2.52. The molecule has 1 aromatic rings. The summed E-state index contributed by atoms with van der Waals surface area (Å²) >= 11 is 1.63. The third-order valence-corrected chi connectivity index (χ3v) is 3.97. The van der Waals surface area contributed by atoms with Crippen LogP contribution in [-0.2, 0) is 0 Å². The molecule has 0 fully saturated rings. The zero-order chi connectivity index (χ0) is 12.2. The quantitative estimate of drug-likeness (QED) is 0.704. The Kier molecular flexibility index (Phi) is 4.86. The fraction of sp³-hybridized carbons (Fsp3) is 0.727. The standard InChI is InChI=1S/C11H20N2O2S/c1-4-11(6-14,7-15)13-8(2)10-5-12-9(3)16-10/h5,8,13-15H,4,6-7H2,1-3H3. The van der Waals surface area contributed by atoms with Gasteiger partial charge in [0, 0.05) is 17.1 Å². The lowest BCUT2D eigenvalue weighted by Gasteiger charge is -2.32. The van der Waals surface area contributed by atoms with Gasteiger partial charge in [-0.05, 0) is 20.3 Å². The average molecular weight is 244 g/mol. The largest absolute Gasteiger partial charge is 0.394 e. The molecule has 0 amide bonds. The topological polar surface area (TPSA) is 65.4 Å². The van der Waals surface area contributed by atoms with Gasteiger partial charge >= 0.3 is 0 Å². The van der Waals surface area contributed by atoms with Crippen molar-refractivity contribution in [3.05, 3.63) is 16.1 Å². The van der Waals surface area contributed by atoms with Gasteiger partial charge in [-0.3, -0.25) is 5.32 Å². The van der Waals surface area contributed by atoms with Gasteiger partial charge in [-0.25, -0.2) is 4.98 Å². The van der Waals surface area contributed by atoms with Gasteiger partial charge in [0.05, 0.1) is 23.8 Å². The first kappa shape index (κ1) is 13.6. The van der Waals surface area contributed by atoms with E-state index in [4.69, 9.17) is 0 Å². The minimum absolute atomic E-state index is 0.0673. The van der Waals surface area contributed by atoms with Crippen LogP contribution in [0.5, 0.6) is 0 Å². The Hall–Kier alpha value is -0.490. The van der Waals surface area contributed by atoms with E-state index in [1.54, 1.807) is 11.3 Å². The third-order valence-electron chi connectivity index (χ3n) is 2.87.